The standard InChI is InChI=1S/C18H21F3O4/c1-3-24-17(23)12-4-6-13(7-5-12)25-14-8-9-15(11(2)22)16(10-14)18(19,20)21/h8-10,12-13H,3-7H2,1-2H3/t12-,13+. The summed E-state index contributed by atoms with van der Waals surface area (Å²) in [6, 6.07) is 3.39. The summed E-state index contributed by atoms with van der Waals surface area (Å²) in [7, 11) is 0. The van der Waals surface area contributed by atoms with Crippen LogP contribution in [-0.2, 0) is 15.7 Å². The Morgan fingerprint density at radius 2 is 1.80 bits per heavy atom. The zero-order valence-corrected chi connectivity index (χ0v) is 14.2. The number of ether oxygens (including phenoxy) is 2. The summed E-state index contributed by atoms with van der Waals surface area (Å²) in [5, 5.41) is 0. The van der Waals surface area contributed by atoms with Crippen molar-refractivity contribution in [2.24, 2.45) is 5.92 Å². The van der Waals surface area contributed by atoms with Gasteiger partial charge in [0.15, 0.2) is 5.78 Å². The molecule has 1 aromatic rings. The molecule has 0 atom stereocenters. The SMILES string of the molecule is CCOC(=O)[C@H]1CC[C@@H](Oc2ccc(C(C)=O)c(C(F)(F)F)c2)CC1. The Balaban J connectivity index is 2.04. The van der Waals surface area contributed by atoms with Crippen molar-refractivity contribution in [3.05, 3.63) is 29.3 Å². The fraction of sp³-hybridized carbons (Fsp3) is 0.556. The lowest BCUT2D eigenvalue weighted by molar-refractivity contribution is -0.149. The molecule has 0 saturated heterocycles. The van der Waals surface area contributed by atoms with E-state index in [-0.39, 0.29) is 29.3 Å². The number of hydrogen-bond acceptors (Lipinski definition) is 4. The lowest BCUT2D eigenvalue weighted by atomic mass is 9.87. The molecular formula is C18H21F3O4. The molecule has 0 bridgehead atoms. The summed E-state index contributed by atoms with van der Waals surface area (Å²) >= 11 is 0. The molecule has 0 aromatic heterocycles. The maximum absolute atomic E-state index is 13.1. The number of carbonyl (C=O) groups excluding carboxylic acids is 2. The Morgan fingerprint density at radius 1 is 1.16 bits per heavy atom. The number of benzene rings is 1. The highest BCUT2D eigenvalue weighted by atomic mass is 19.4. The van der Waals surface area contributed by atoms with Gasteiger partial charge in [0.25, 0.3) is 0 Å². The third kappa shape index (κ3) is 4.96. The normalized spacial score (nSPS) is 20.8. The van der Waals surface area contributed by atoms with Crippen LogP contribution in [0.2, 0.25) is 0 Å². The molecule has 1 aliphatic rings. The molecule has 0 spiro atoms. The molecule has 0 radical (unpaired) electrons. The van der Waals surface area contributed by atoms with E-state index in [9.17, 15) is 22.8 Å². The molecular weight excluding hydrogens is 337 g/mol. The van der Waals surface area contributed by atoms with Crippen molar-refractivity contribution in [2.75, 3.05) is 6.61 Å². The molecule has 0 heterocycles. The molecule has 7 heteroatoms. The Labute approximate surface area is 144 Å². The second kappa shape index (κ2) is 7.89. The summed E-state index contributed by atoms with van der Waals surface area (Å²) < 4.78 is 50.0. The monoisotopic (exact) mass is 358 g/mol. The molecule has 25 heavy (non-hydrogen) atoms. The van der Waals surface area contributed by atoms with Gasteiger partial charge in [0, 0.05) is 5.56 Å². The maximum atomic E-state index is 13.1. The van der Waals surface area contributed by atoms with E-state index < -0.39 is 17.5 Å². The molecule has 138 valence electrons. The van der Waals surface area contributed by atoms with Gasteiger partial charge in [-0.3, -0.25) is 9.59 Å². The van der Waals surface area contributed by atoms with Crippen molar-refractivity contribution in [1.82, 2.24) is 0 Å². The summed E-state index contributed by atoms with van der Waals surface area (Å²) in [6.07, 6.45) is -2.57. The van der Waals surface area contributed by atoms with Crippen molar-refractivity contribution in [2.45, 2.75) is 51.8 Å². The summed E-state index contributed by atoms with van der Waals surface area (Å²) in [6.45, 7) is 3.18. The van der Waals surface area contributed by atoms with Gasteiger partial charge in [0.05, 0.1) is 24.2 Å². The smallest absolute Gasteiger partial charge is 0.417 e. The highest BCUT2D eigenvalue weighted by Gasteiger charge is 2.35. The topological polar surface area (TPSA) is 52.6 Å². The van der Waals surface area contributed by atoms with Gasteiger partial charge >= 0.3 is 12.1 Å². The Bertz CT molecular complexity index is 632. The number of esters is 1. The van der Waals surface area contributed by atoms with Crippen LogP contribution in [0.5, 0.6) is 5.75 Å². The van der Waals surface area contributed by atoms with Crippen LogP contribution in [0.25, 0.3) is 0 Å². The van der Waals surface area contributed by atoms with Crippen LogP contribution < -0.4 is 4.74 Å². The first-order valence-corrected chi connectivity index (χ1v) is 8.27. The molecule has 1 aliphatic carbocycles. The number of halogens is 3. The number of ketones is 1. The van der Waals surface area contributed by atoms with E-state index in [1.807, 2.05) is 0 Å². The summed E-state index contributed by atoms with van der Waals surface area (Å²) in [4.78, 5) is 23.1. The van der Waals surface area contributed by atoms with E-state index in [2.05, 4.69) is 0 Å². The zero-order chi connectivity index (χ0) is 18.6. The predicted octanol–water partition coefficient (Wildman–Crippen LogP) is 4.41. The fourth-order valence-corrected chi connectivity index (χ4v) is 3.01. The molecule has 1 fully saturated rings. The summed E-state index contributed by atoms with van der Waals surface area (Å²) in [5.41, 5.74) is -1.36. The number of carbonyl (C=O) groups is 2. The number of alkyl halides is 3. The minimum atomic E-state index is -4.62. The quantitative estimate of drug-likeness (QED) is 0.578. The number of Topliss-reactive ketones (excluding diaryl/α,β-unsaturated/α-hetero) is 1. The average Bonchev–Trinajstić information content (AvgIpc) is 2.54. The van der Waals surface area contributed by atoms with Crippen LogP contribution in [0.1, 0.15) is 55.5 Å². The number of rotatable bonds is 5. The van der Waals surface area contributed by atoms with Gasteiger partial charge < -0.3 is 9.47 Å². The van der Waals surface area contributed by atoms with E-state index in [4.69, 9.17) is 9.47 Å². The average molecular weight is 358 g/mol. The molecule has 1 aromatic carbocycles. The summed E-state index contributed by atoms with van der Waals surface area (Å²) in [5.74, 6) is -0.970. The van der Waals surface area contributed by atoms with Gasteiger partial charge in [0.1, 0.15) is 5.75 Å². The predicted molar refractivity (Wildman–Crippen MR) is 84.5 cm³/mol. The van der Waals surface area contributed by atoms with Crippen LogP contribution in [0, 0.1) is 5.92 Å². The number of hydrogen-bond donors (Lipinski definition) is 0. The Kier molecular flexibility index (Phi) is 6.08. The third-order valence-electron chi connectivity index (χ3n) is 4.27. The van der Waals surface area contributed by atoms with E-state index in [1.54, 1.807) is 6.92 Å². The van der Waals surface area contributed by atoms with Crippen LogP contribution in [0.3, 0.4) is 0 Å². The minimum absolute atomic E-state index is 0.0805. The first kappa shape index (κ1) is 19.3. The van der Waals surface area contributed by atoms with Gasteiger partial charge in [-0.1, -0.05) is 0 Å². The van der Waals surface area contributed by atoms with Crippen molar-refractivity contribution < 1.29 is 32.2 Å². The lowest BCUT2D eigenvalue weighted by Crippen LogP contribution is -2.29. The largest absolute Gasteiger partial charge is 0.490 e. The molecule has 4 nitrogen and oxygen atoms in total. The van der Waals surface area contributed by atoms with Gasteiger partial charge in [0.2, 0.25) is 0 Å². The Hall–Kier alpha value is -2.05. The van der Waals surface area contributed by atoms with Gasteiger partial charge in [-0.25, -0.2) is 0 Å². The van der Waals surface area contributed by atoms with Gasteiger partial charge in [-0.05, 0) is 57.7 Å². The minimum Gasteiger partial charge on any atom is -0.490 e. The molecule has 0 unspecified atom stereocenters. The van der Waals surface area contributed by atoms with Crippen molar-refractivity contribution in [3.8, 4) is 5.75 Å². The molecule has 2 rings (SSSR count). The van der Waals surface area contributed by atoms with E-state index in [0.717, 1.165) is 19.1 Å². The van der Waals surface area contributed by atoms with Crippen molar-refractivity contribution >= 4 is 11.8 Å². The highest BCUT2D eigenvalue weighted by molar-refractivity contribution is 5.95. The maximum Gasteiger partial charge on any atom is 0.417 e. The third-order valence-corrected chi connectivity index (χ3v) is 4.27. The lowest BCUT2D eigenvalue weighted by Gasteiger charge is -2.28. The second-order valence-electron chi connectivity index (χ2n) is 6.10. The molecule has 0 aliphatic heterocycles. The highest BCUT2D eigenvalue weighted by Crippen LogP contribution is 2.36. The van der Waals surface area contributed by atoms with Gasteiger partial charge in [-0.15, -0.1) is 0 Å². The van der Waals surface area contributed by atoms with Crippen LogP contribution in [0.4, 0.5) is 13.2 Å². The first-order chi connectivity index (χ1) is 11.7. The van der Waals surface area contributed by atoms with Crippen LogP contribution >= 0.6 is 0 Å². The fourth-order valence-electron chi connectivity index (χ4n) is 3.01. The molecule has 1 saturated carbocycles. The van der Waals surface area contributed by atoms with E-state index >= 15 is 0 Å². The molecule has 0 N–H and O–H groups in total. The van der Waals surface area contributed by atoms with Crippen LogP contribution in [-0.4, -0.2) is 24.5 Å². The molecule has 0 amide bonds. The Morgan fingerprint density at radius 3 is 2.32 bits per heavy atom. The van der Waals surface area contributed by atoms with E-state index in [0.29, 0.717) is 32.3 Å². The first-order valence-electron chi connectivity index (χ1n) is 8.27. The van der Waals surface area contributed by atoms with E-state index in [1.165, 1.54) is 6.07 Å². The van der Waals surface area contributed by atoms with Crippen molar-refractivity contribution in [3.63, 3.8) is 0 Å². The van der Waals surface area contributed by atoms with Crippen molar-refractivity contribution in [1.29, 1.82) is 0 Å². The van der Waals surface area contributed by atoms with Crippen LogP contribution in [0.15, 0.2) is 18.2 Å². The second-order valence-corrected chi connectivity index (χ2v) is 6.10. The zero-order valence-electron chi connectivity index (χ0n) is 14.2. The van der Waals surface area contributed by atoms with Gasteiger partial charge in [-0.2, -0.15) is 13.2 Å².